The van der Waals surface area contributed by atoms with Gasteiger partial charge in [0.25, 0.3) is 0 Å². The molecule has 0 amide bonds. The fourth-order valence-electron chi connectivity index (χ4n) is 1.49. The molecule has 3 nitrogen and oxygen atoms in total. The zero-order chi connectivity index (χ0) is 12.8. The molecule has 96 valence electrons. The second-order valence-corrected chi connectivity index (χ2v) is 4.75. The lowest BCUT2D eigenvalue weighted by Gasteiger charge is -2.03. The van der Waals surface area contributed by atoms with Gasteiger partial charge in [0.1, 0.15) is 23.2 Å². The number of nitrogens with zero attached hydrogens (tertiary/aromatic N) is 1. The quantitative estimate of drug-likeness (QED) is 0.875. The summed E-state index contributed by atoms with van der Waals surface area (Å²) in [7, 11) is 0. The number of aryl methyl sites for hydroxylation is 1. The maximum atomic E-state index is 12.9. The number of benzene rings is 1. The lowest BCUT2D eigenvalue weighted by Crippen LogP contribution is -1.96. The molecule has 1 N–H and O–H groups in total. The van der Waals surface area contributed by atoms with Crippen molar-refractivity contribution in [2.45, 2.75) is 19.4 Å². The van der Waals surface area contributed by atoms with E-state index in [9.17, 15) is 4.39 Å². The van der Waals surface area contributed by atoms with Gasteiger partial charge in [0.15, 0.2) is 0 Å². The van der Waals surface area contributed by atoms with E-state index in [4.69, 9.17) is 9.84 Å². The molecule has 1 aromatic heterocycles. The number of aliphatic hydroxyl groups excluding tert-OH is 1. The van der Waals surface area contributed by atoms with Crippen LogP contribution < -0.4 is 4.74 Å². The summed E-state index contributed by atoms with van der Waals surface area (Å²) in [6.07, 6.45) is 1.49. The predicted molar refractivity (Wildman–Crippen MR) is 68.3 cm³/mol. The molecule has 18 heavy (non-hydrogen) atoms. The minimum absolute atomic E-state index is 0.173. The normalized spacial score (nSPS) is 10.6. The summed E-state index contributed by atoms with van der Waals surface area (Å²) in [6.45, 7) is 0.514. The Kier molecular flexibility index (Phi) is 4.66. The third kappa shape index (κ3) is 3.78. The Hall–Kier alpha value is -1.46. The van der Waals surface area contributed by atoms with E-state index in [1.807, 2.05) is 5.38 Å². The first-order chi connectivity index (χ1) is 8.78. The van der Waals surface area contributed by atoms with Gasteiger partial charge in [-0.05, 0) is 25.0 Å². The van der Waals surface area contributed by atoms with Crippen molar-refractivity contribution >= 4 is 11.3 Å². The third-order valence-electron chi connectivity index (χ3n) is 2.35. The van der Waals surface area contributed by atoms with Crippen molar-refractivity contribution in [3.63, 3.8) is 0 Å². The number of hydrogen-bond acceptors (Lipinski definition) is 4. The van der Waals surface area contributed by atoms with E-state index in [1.165, 1.54) is 23.5 Å². The molecule has 0 fully saturated rings. The number of rotatable bonds is 6. The number of ether oxygens (including phenoxy) is 1. The number of thiazole rings is 1. The topological polar surface area (TPSA) is 42.4 Å². The second kappa shape index (κ2) is 6.47. The van der Waals surface area contributed by atoms with Crippen LogP contribution in [0.2, 0.25) is 0 Å². The van der Waals surface area contributed by atoms with Crippen LogP contribution in [0.1, 0.15) is 17.1 Å². The molecule has 1 heterocycles. The first kappa shape index (κ1) is 13.0. The van der Waals surface area contributed by atoms with Crippen LogP contribution in [0.15, 0.2) is 29.6 Å². The van der Waals surface area contributed by atoms with Gasteiger partial charge in [0, 0.05) is 18.1 Å². The van der Waals surface area contributed by atoms with Crippen LogP contribution in [0.4, 0.5) is 4.39 Å². The third-order valence-corrected chi connectivity index (χ3v) is 3.22. The summed E-state index contributed by atoms with van der Waals surface area (Å²) < 4.78 is 18.4. The Labute approximate surface area is 109 Å². The molecule has 0 spiro atoms. The van der Waals surface area contributed by atoms with Gasteiger partial charge in [-0.1, -0.05) is 6.07 Å². The van der Waals surface area contributed by atoms with Crippen molar-refractivity contribution in [1.82, 2.24) is 4.98 Å². The van der Waals surface area contributed by atoms with Crippen molar-refractivity contribution in [3.8, 4) is 5.75 Å². The first-order valence-electron chi connectivity index (χ1n) is 5.70. The van der Waals surface area contributed by atoms with Crippen LogP contribution in [0.5, 0.6) is 5.75 Å². The van der Waals surface area contributed by atoms with Gasteiger partial charge in [-0.3, -0.25) is 0 Å². The van der Waals surface area contributed by atoms with Gasteiger partial charge in [0.05, 0.1) is 5.69 Å². The highest BCUT2D eigenvalue weighted by Crippen LogP contribution is 2.16. The summed E-state index contributed by atoms with van der Waals surface area (Å²) in [5, 5.41) is 11.5. The number of aliphatic hydroxyl groups is 1. The van der Waals surface area contributed by atoms with Gasteiger partial charge in [-0.15, -0.1) is 11.3 Å². The van der Waals surface area contributed by atoms with E-state index in [1.54, 1.807) is 12.1 Å². The molecule has 0 unspecified atom stereocenters. The fourth-order valence-corrected chi connectivity index (χ4v) is 2.23. The summed E-state index contributed by atoms with van der Waals surface area (Å²) in [5.74, 6) is 0.192. The largest absolute Gasteiger partial charge is 0.486 e. The Bertz CT molecular complexity index is 501. The van der Waals surface area contributed by atoms with Crippen LogP contribution in [-0.2, 0) is 13.0 Å². The monoisotopic (exact) mass is 267 g/mol. The summed E-state index contributed by atoms with van der Waals surface area (Å²) in [5.41, 5.74) is 0.965. The Morgan fingerprint density at radius 2 is 2.28 bits per heavy atom. The molecule has 0 aliphatic heterocycles. The highest BCUT2D eigenvalue weighted by atomic mass is 32.1. The summed E-state index contributed by atoms with van der Waals surface area (Å²) in [6, 6.07) is 6.05. The molecular formula is C13H14FNO2S. The van der Waals surface area contributed by atoms with Gasteiger partial charge in [0.2, 0.25) is 0 Å². The van der Waals surface area contributed by atoms with Crippen molar-refractivity contribution in [2.24, 2.45) is 0 Å². The highest BCUT2D eigenvalue weighted by molar-refractivity contribution is 7.09. The SMILES string of the molecule is OCCCc1csc(COc2cccc(F)c2)n1. The average Bonchev–Trinajstić information content (AvgIpc) is 2.82. The van der Waals surface area contributed by atoms with E-state index < -0.39 is 0 Å². The molecule has 0 radical (unpaired) electrons. The van der Waals surface area contributed by atoms with E-state index in [0.717, 1.165) is 17.1 Å². The van der Waals surface area contributed by atoms with Gasteiger partial charge < -0.3 is 9.84 Å². The Morgan fingerprint density at radius 1 is 1.39 bits per heavy atom. The van der Waals surface area contributed by atoms with Crippen molar-refractivity contribution in [2.75, 3.05) is 6.61 Å². The standard InChI is InChI=1S/C13H14FNO2S/c14-10-3-1-5-12(7-10)17-8-13-15-11(9-18-13)4-2-6-16/h1,3,5,7,9,16H,2,4,6,8H2. The predicted octanol–water partition coefficient (Wildman–Crippen LogP) is 2.79. The molecule has 0 aliphatic carbocycles. The van der Waals surface area contributed by atoms with Gasteiger partial charge in [-0.2, -0.15) is 0 Å². The van der Waals surface area contributed by atoms with Crippen molar-refractivity contribution in [1.29, 1.82) is 0 Å². The molecule has 0 bridgehead atoms. The molecular weight excluding hydrogens is 253 g/mol. The van der Waals surface area contributed by atoms with Crippen LogP contribution in [0.25, 0.3) is 0 Å². The number of aromatic nitrogens is 1. The van der Waals surface area contributed by atoms with Gasteiger partial charge >= 0.3 is 0 Å². The molecule has 0 saturated heterocycles. The lowest BCUT2D eigenvalue weighted by molar-refractivity contribution is 0.287. The minimum atomic E-state index is -0.310. The Morgan fingerprint density at radius 3 is 3.06 bits per heavy atom. The first-order valence-corrected chi connectivity index (χ1v) is 6.58. The van der Waals surface area contributed by atoms with Crippen molar-refractivity contribution in [3.05, 3.63) is 46.2 Å². The number of halogens is 1. The van der Waals surface area contributed by atoms with Crippen LogP contribution in [0, 0.1) is 5.82 Å². The number of hydrogen-bond donors (Lipinski definition) is 1. The van der Waals surface area contributed by atoms with Gasteiger partial charge in [-0.25, -0.2) is 9.37 Å². The zero-order valence-electron chi connectivity index (χ0n) is 9.80. The molecule has 0 atom stereocenters. The summed E-state index contributed by atoms with van der Waals surface area (Å²) >= 11 is 1.51. The molecule has 0 aliphatic rings. The zero-order valence-corrected chi connectivity index (χ0v) is 10.6. The van der Waals surface area contributed by atoms with Crippen LogP contribution in [-0.4, -0.2) is 16.7 Å². The molecule has 5 heteroatoms. The maximum absolute atomic E-state index is 12.9. The van der Waals surface area contributed by atoms with E-state index in [2.05, 4.69) is 4.98 Å². The van der Waals surface area contributed by atoms with E-state index in [-0.39, 0.29) is 12.4 Å². The van der Waals surface area contributed by atoms with Crippen molar-refractivity contribution < 1.29 is 14.2 Å². The maximum Gasteiger partial charge on any atom is 0.140 e. The highest BCUT2D eigenvalue weighted by Gasteiger charge is 2.03. The average molecular weight is 267 g/mol. The van der Waals surface area contributed by atoms with E-state index in [0.29, 0.717) is 18.8 Å². The molecule has 2 aromatic rings. The molecule has 2 rings (SSSR count). The second-order valence-electron chi connectivity index (χ2n) is 3.81. The van der Waals surface area contributed by atoms with Crippen LogP contribution in [0.3, 0.4) is 0 Å². The van der Waals surface area contributed by atoms with Crippen LogP contribution >= 0.6 is 11.3 Å². The lowest BCUT2D eigenvalue weighted by atomic mass is 10.3. The molecule has 0 saturated carbocycles. The smallest absolute Gasteiger partial charge is 0.140 e. The fraction of sp³-hybridized carbons (Fsp3) is 0.308. The summed E-state index contributed by atoms with van der Waals surface area (Å²) in [4.78, 5) is 4.37. The molecule has 1 aromatic carbocycles. The minimum Gasteiger partial charge on any atom is -0.486 e. The Balaban J connectivity index is 1.88. The van der Waals surface area contributed by atoms with E-state index >= 15 is 0 Å².